The zero-order valence-corrected chi connectivity index (χ0v) is 15.9. The summed E-state index contributed by atoms with van der Waals surface area (Å²) >= 11 is 0. The fourth-order valence-corrected chi connectivity index (χ4v) is 3.90. The van der Waals surface area contributed by atoms with E-state index in [9.17, 15) is 9.59 Å². The standard InChI is InChI=1S/C20H28N2O2.ClH/c1-2-16-3-5-17(6-4-16)18(23)7-8-19(24)22-13-10-20(11-14-22)9-12-21-15-20;/h3-6,21H,2,7-15H2,1H3;1H. The fraction of sp³-hybridized carbons (Fsp3) is 0.600. The highest BCUT2D eigenvalue weighted by atomic mass is 35.5. The number of Topliss-reactive ketones (excluding diaryl/α,β-unsaturated/α-hetero) is 1. The van der Waals surface area contributed by atoms with Gasteiger partial charge in [0.1, 0.15) is 0 Å². The summed E-state index contributed by atoms with van der Waals surface area (Å²) in [6.07, 6.45) is 5.05. The quantitative estimate of drug-likeness (QED) is 0.816. The first-order valence-corrected chi connectivity index (χ1v) is 9.22. The molecule has 25 heavy (non-hydrogen) atoms. The third-order valence-corrected chi connectivity index (χ3v) is 5.76. The molecule has 1 N–H and O–H groups in total. The molecule has 2 heterocycles. The molecule has 0 saturated carbocycles. The van der Waals surface area contributed by atoms with E-state index in [1.807, 2.05) is 29.2 Å². The second-order valence-corrected chi connectivity index (χ2v) is 7.28. The lowest BCUT2D eigenvalue weighted by Gasteiger charge is -2.38. The van der Waals surface area contributed by atoms with Crippen LogP contribution in [0.5, 0.6) is 0 Å². The summed E-state index contributed by atoms with van der Waals surface area (Å²) in [7, 11) is 0. The molecule has 0 aromatic heterocycles. The van der Waals surface area contributed by atoms with Crippen LogP contribution >= 0.6 is 12.4 Å². The van der Waals surface area contributed by atoms with E-state index in [0.29, 0.717) is 18.3 Å². The molecule has 1 aromatic rings. The van der Waals surface area contributed by atoms with Crippen molar-refractivity contribution in [1.29, 1.82) is 0 Å². The smallest absolute Gasteiger partial charge is 0.223 e. The maximum Gasteiger partial charge on any atom is 0.223 e. The lowest BCUT2D eigenvalue weighted by Crippen LogP contribution is -2.44. The van der Waals surface area contributed by atoms with Gasteiger partial charge < -0.3 is 10.2 Å². The van der Waals surface area contributed by atoms with Gasteiger partial charge in [0.2, 0.25) is 5.91 Å². The van der Waals surface area contributed by atoms with Crippen LogP contribution in [0.1, 0.15) is 54.9 Å². The van der Waals surface area contributed by atoms with Gasteiger partial charge in [0.25, 0.3) is 0 Å². The van der Waals surface area contributed by atoms with Gasteiger partial charge in [0.15, 0.2) is 5.78 Å². The Hall–Kier alpha value is -1.39. The van der Waals surface area contributed by atoms with E-state index in [4.69, 9.17) is 0 Å². The van der Waals surface area contributed by atoms with Gasteiger partial charge in [-0.25, -0.2) is 0 Å². The van der Waals surface area contributed by atoms with E-state index in [2.05, 4.69) is 12.2 Å². The largest absolute Gasteiger partial charge is 0.343 e. The third-order valence-electron chi connectivity index (χ3n) is 5.76. The van der Waals surface area contributed by atoms with Crippen LogP contribution in [0.2, 0.25) is 0 Å². The third kappa shape index (κ3) is 4.83. The van der Waals surface area contributed by atoms with Crippen LogP contribution < -0.4 is 5.32 Å². The molecular weight excluding hydrogens is 336 g/mol. The van der Waals surface area contributed by atoms with Crippen molar-refractivity contribution in [3.63, 3.8) is 0 Å². The second kappa shape index (κ2) is 8.81. The Bertz CT molecular complexity index is 584. The van der Waals surface area contributed by atoms with Crippen LogP contribution in [0.4, 0.5) is 0 Å². The normalized spacial score (nSPS) is 18.8. The number of likely N-dealkylation sites (tertiary alicyclic amines) is 1. The first kappa shape index (κ1) is 19.9. The van der Waals surface area contributed by atoms with Gasteiger partial charge >= 0.3 is 0 Å². The number of rotatable bonds is 5. The highest BCUT2D eigenvalue weighted by Crippen LogP contribution is 2.37. The number of amides is 1. The summed E-state index contributed by atoms with van der Waals surface area (Å²) in [6.45, 7) is 6.00. The van der Waals surface area contributed by atoms with Gasteiger partial charge in [0.05, 0.1) is 0 Å². The molecule has 4 nitrogen and oxygen atoms in total. The molecule has 2 aliphatic rings. The zero-order chi connectivity index (χ0) is 17.0. The molecule has 5 heteroatoms. The summed E-state index contributed by atoms with van der Waals surface area (Å²) in [6, 6.07) is 7.75. The average Bonchev–Trinajstić information content (AvgIpc) is 3.08. The van der Waals surface area contributed by atoms with Crippen LogP contribution in [0.15, 0.2) is 24.3 Å². The molecule has 3 rings (SSSR count). The van der Waals surface area contributed by atoms with Gasteiger partial charge in [0, 0.05) is 38.0 Å². The van der Waals surface area contributed by atoms with Gasteiger partial charge in [-0.2, -0.15) is 0 Å². The van der Waals surface area contributed by atoms with Crippen molar-refractivity contribution in [2.75, 3.05) is 26.2 Å². The van der Waals surface area contributed by atoms with E-state index < -0.39 is 0 Å². The molecule has 2 fully saturated rings. The Kier molecular flexibility index (Phi) is 7.03. The fourth-order valence-electron chi connectivity index (χ4n) is 3.90. The van der Waals surface area contributed by atoms with E-state index in [-0.39, 0.29) is 24.1 Å². The predicted octanol–water partition coefficient (Wildman–Crippen LogP) is 3.24. The number of aryl methyl sites for hydroxylation is 1. The number of halogens is 1. The number of hydrogen-bond acceptors (Lipinski definition) is 3. The summed E-state index contributed by atoms with van der Waals surface area (Å²) < 4.78 is 0. The second-order valence-electron chi connectivity index (χ2n) is 7.28. The Morgan fingerprint density at radius 3 is 2.32 bits per heavy atom. The van der Waals surface area contributed by atoms with Gasteiger partial charge in [-0.05, 0) is 43.2 Å². The minimum Gasteiger partial charge on any atom is -0.343 e. The van der Waals surface area contributed by atoms with Crippen molar-refractivity contribution < 1.29 is 9.59 Å². The molecule has 138 valence electrons. The number of nitrogens with one attached hydrogen (secondary N) is 1. The molecule has 2 saturated heterocycles. The van der Waals surface area contributed by atoms with Crippen molar-refractivity contribution in [2.24, 2.45) is 5.41 Å². The summed E-state index contributed by atoms with van der Waals surface area (Å²) in [5.41, 5.74) is 2.37. The maximum absolute atomic E-state index is 12.4. The van der Waals surface area contributed by atoms with E-state index >= 15 is 0 Å². The number of ketones is 1. The van der Waals surface area contributed by atoms with Crippen molar-refractivity contribution in [3.05, 3.63) is 35.4 Å². The van der Waals surface area contributed by atoms with Crippen molar-refractivity contribution in [3.8, 4) is 0 Å². The van der Waals surface area contributed by atoms with Crippen molar-refractivity contribution in [1.82, 2.24) is 10.2 Å². The van der Waals surface area contributed by atoms with Crippen molar-refractivity contribution >= 4 is 24.1 Å². The van der Waals surface area contributed by atoms with Gasteiger partial charge in [-0.1, -0.05) is 31.2 Å². The van der Waals surface area contributed by atoms with E-state index in [1.54, 1.807) is 0 Å². The topological polar surface area (TPSA) is 49.4 Å². The lowest BCUT2D eigenvalue weighted by molar-refractivity contribution is -0.133. The Morgan fingerprint density at radius 1 is 1.08 bits per heavy atom. The molecule has 1 amide bonds. The SMILES string of the molecule is CCc1ccc(C(=O)CCC(=O)N2CCC3(CCNC3)CC2)cc1.Cl. The minimum atomic E-state index is 0. The molecule has 0 bridgehead atoms. The molecule has 1 aromatic carbocycles. The zero-order valence-electron chi connectivity index (χ0n) is 15.1. The predicted molar refractivity (Wildman–Crippen MR) is 102 cm³/mol. The first-order chi connectivity index (χ1) is 11.6. The summed E-state index contributed by atoms with van der Waals surface area (Å²) in [4.78, 5) is 26.6. The lowest BCUT2D eigenvalue weighted by atomic mass is 9.78. The van der Waals surface area contributed by atoms with Crippen LogP contribution in [0.25, 0.3) is 0 Å². The molecule has 0 aliphatic carbocycles. The summed E-state index contributed by atoms with van der Waals surface area (Å²) in [5.74, 6) is 0.203. The molecule has 0 unspecified atom stereocenters. The molecular formula is C20H29ClN2O2. The number of piperidine rings is 1. The van der Waals surface area contributed by atoms with E-state index in [0.717, 1.165) is 51.0 Å². The first-order valence-electron chi connectivity index (χ1n) is 9.22. The Balaban J connectivity index is 0.00000225. The highest BCUT2D eigenvalue weighted by Gasteiger charge is 2.37. The monoisotopic (exact) mass is 364 g/mol. The number of carbonyl (C=O) groups excluding carboxylic acids is 2. The molecule has 2 aliphatic heterocycles. The van der Waals surface area contributed by atoms with Crippen LogP contribution in [0, 0.1) is 5.41 Å². The van der Waals surface area contributed by atoms with Crippen LogP contribution in [-0.2, 0) is 11.2 Å². The van der Waals surface area contributed by atoms with Crippen molar-refractivity contribution in [2.45, 2.75) is 45.4 Å². The maximum atomic E-state index is 12.4. The highest BCUT2D eigenvalue weighted by molar-refractivity contribution is 5.98. The molecule has 1 spiro atoms. The summed E-state index contributed by atoms with van der Waals surface area (Å²) in [5, 5.41) is 3.45. The van der Waals surface area contributed by atoms with Crippen LogP contribution in [-0.4, -0.2) is 42.8 Å². The Labute approximate surface area is 156 Å². The van der Waals surface area contributed by atoms with Gasteiger partial charge in [-0.15, -0.1) is 12.4 Å². The van der Waals surface area contributed by atoms with Gasteiger partial charge in [-0.3, -0.25) is 9.59 Å². The molecule has 0 radical (unpaired) electrons. The number of carbonyl (C=O) groups is 2. The average molecular weight is 365 g/mol. The molecule has 0 atom stereocenters. The number of benzene rings is 1. The Morgan fingerprint density at radius 2 is 1.76 bits per heavy atom. The number of nitrogens with zero attached hydrogens (tertiary/aromatic N) is 1. The number of hydrogen-bond donors (Lipinski definition) is 1. The van der Waals surface area contributed by atoms with Crippen LogP contribution in [0.3, 0.4) is 0 Å². The minimum absolute atomic E-state index is 0. The van der Waals surface area contributed by atoms with E-state index in [1.165, 1.54) is 12.0 Å².